The number of aliphatic hydroxyl groups excluding tert-OH is 2. The summed E-state index contributed by atoms with van der Waals surface area (Å²) in [5, 5.41) is 27.5. The largest absolute Gasteiger partial charge is 0.387 e. The van der Waals surface area contributed by atoms with Gasteiger partial charge in [-0.25, -0.2) is 5.26 Å². The number of methoxy groups -OCH3 is 1. The van der Waals surface area contributed by atoms with E-state index in [9.17, 15) is 10.2 Å². The van der Waals surface area contributed by atoms with E-state index in [1.54, 1.807) is 0 Å². The lowest BCUT2D eigenvalue weighted by molar-refractivity contribution is -0.204. The van der Waals surface area contributed by atoms with Crippen molar-refractivity contribution in [1.29, 1.82) is 0 Å². The first kappa shape index (κ1) is 14.7. The van der Waals surface area contributed by atoms with Gasteiger partial charge in [0.2, 0.25) is 0 Å². The average Bonchev–Trinajstić information content (AvgIpc) is 2.61. The molecule has 0 saturated carbocycles. The molecule has 0 spiro atoms. The van der Waals surface area contributed by atoms with Crippen LogP contribution in [0.25, 0.3) is 0 Å². The highest BCUT2D eigenvalue weighted by Crippen LogP contribution is 2.25. The van der Waals surface area contributed by atoms with Crippen LogP contribution in [0.3, 0.4) is 0 Å². The molecule has 7 heteroatoms. The van der Waals surface area contributed by atoms with Gasteiger partial charge in [-0.2, -0.15) is 11.8 Å². The number of ether oxygens (including phenoxy) is 2. The van der Waals surface area contributed by atoms with Crippen LogP contribution in [-0.4, -0.2) is 58.7 Å². The smallest absolute Gasteiger partial charge is 0.186 e. The normalized spacial score (nSPS) is 32.7. The number of thioether (sulfide) groups is 1. The lowest BCUT2D eigenvalue weighted by Crippen LogP contribution is -2.33. The van der Waals surface area contributed by atoms with Gasteiger partial charge in [0, 0.05) is 25.0 Å². The Morgan fingerprint density at radius 2 is 2.12 bits per heavy atom. The van der Waals surface area contributed by atoms with E-state index in [-0.39, 0.29) is 0 Å². The third-order valence-corrected chi connectivity index (χ3v) is 3.54. The summed E-state index contributed by atoms with van der Waals surface area (Å²) in [5.41, 5.74) is 0. The predicted octanol–water partition coefficient (Wildman–Crippen LogP) is 0.206. The summed E-state index contributed by atoms with van der Waals surface area (Å²) in [5.74, 6) is 1.50. The summed E-state index contributed by atoms with van der Waals surface area (Å²) in [4.78, 5) is 3.95. The van der Waals surface area contributed by atoms with Crippen molar-refractivity contribution in [3.63, 3.8) is 0 Å². The second kappa shape index (κ2) is 7.20. The van der Waals surface area contributed by atoms with E-state index in [0.717, 1.165) is 0 Å². The van der Waals surface area contributed by atoms with E-state index in [2.05, 4.69) is 11.5 Å². The average molecular weight is 266 g/mol. The topological polar surface area (TPSA) is 88.4 Å². The Balaban J connectivity index is 2.22. The number of hydrogen-bond donors (Lipinski definition) is 3. The van der Waals surface area contributed by atoms with Gasteiger partial charge in [-0.05, 0) is 0 Å². The Kier molecular flexibility index (Phi) is 6.24. The molecule has 1 saturated heterocycles. The second-order valence-corrected chi connectivity index (χ2v) is 4.86. The fourth-order valence-corrected chi connectivity index (χ4v) is 2.52. The molecule has 6 nitrogen and oxygen atoms in total. The van der Waals surface area contributed by atoms with E-state index < -0.39 is 24.6 Å². The summed E-state index contributed by atoms with van der Waals surface area (Å²) in [6, 6.07) is 0. The standard InChI is InChI=1S/C10H18O6S/c1-6(16-13)3-4-17-5-7-8(11)9(12)10(14-2)15-7/h7-13H,1,3-5H2,2H3. The van der Waals surface area contributed by atoms with Gasteiger partial charge in [0.1, 0.15) is 18.0 Å². The lowest BCUT2D eigenvalue weighted by atomic mass is 10.2. The van der Waals surface area contributed by atoms with E-state index in [0.29, 0.717) is 23.7 Å². The Bertz CT molecular complexity index is 249. The number of allylic oxidation sites excluding steroid dienone is 1. The minimum absolute atomic E-state index is 0.292. The predicted molar refractivity (Wildman–Crippen MR) is 62.5 cm³/mol. The Labute approximate surface area is 104 Å². The first-order chi connectivity index (χ1) is 8.10. The fraction of sp³-hybridized carbons (Fsp3) is 0.800. The van der Waals surface area contributed by atoms with Crippen molar-refractivity contribution in [1.82, 2.24) is 0 Å². The Morgan fingerprint density at radius 3 is 2.65 bits per heavy atom. The molecule has 0 aliphatic carbocycles. The molecule has 1 rings (SSSR count). The molecule has 1 aliphatic heterocycles. The SMILES string of the molecule is C=C(CCSCC1OC(OC)C(O)C1O)OO. The lowest BCUT2D eigenvalue weighted by Gasteiger charge is -2.13. The Morgan fingerprint density at radius 1 is 1.41 bits per heavy atom. The molecule has 1 fully saturated rings. The van der Waals surface area contributed by atoms with Gasteiger partial charge in [0.05, 0.1) is 6.10 Å². The third kappa shape index (κ3) is 4.13. The maximum atomic E-state index is 9.66. The van der Waals surface area contributed by atoms with Crippen molar-refractivity contribution >= 4 is 11.8 Å². The molecule has 0 aromatic heterocycles. The van der Waals surface area contributed by atoms with E-state index in [1.807, 2.05) is 0 Å². The zero-order valence-electron chi connectivity index (χ0n) is 9.61. The minimum atomic E-state index is -1.01. The number of hydrogen-bond acceptors (Lipinski definition) is 7. The highest BCUT2D eigenvalue weighted by Gasteiger charge is 2.42. The van der Waals surface area contributed by atoms with Gasteiger partial charge >= 0.3 is 0 Å². The molecule has 0 aromatic carbocycles. The van der Waals surface area contributed by atoms with Crippen molar-refractivity contribution in [2.24, 2.45) is 0 Å². The van der Waals surface area contributed by atoms with Gasteiger partial charge in [-0.1, -0.05) is 6.58 Å². The van der Waals surface area contributed by atoms with Crippen molar-refractivity contribution < 1.29 is 29.8 Å². The Hall–Kier alpha value is -0.310. The summed E-state index contributed by atoms with van der Waals surface area (Å²) in [6.07, 6.45) is -2.67. The van der Waals surface area contributed by atoms with Gasteiger partial charge in [0.15, 0.2) is 6.29 Å². The van der Waals surface area contributed by atoms with Crippen LogP contribution in [0.2, 0.25) is 0 Å². The zero-order chi connectivity index (χ0) is 12.8. The van der Waals surface area contributed by atoms with E-state index in [1.165, 1.54) is 18.9 Å². The van der Waals surface area contributed by atoms with Gasteiger partial charge in [-0.3, -0.25) is 0 Å². The summed E-state index contributed by atoms with van der Waals surface area (Å²) < 4.78 is 10.2. The summed E-state index contributed by atoms with van der Waals surface area (Å²) >= 11 is 1.51. The zero-order valence-corrected chi connectivity index (χ0v) is 10.4. The first-order valence-electron chi connectivity index (χ1n) is 5.21. The molecule has 0 amide bonds. The molecule has 0 aromatic rings. The van der Waals surface area contributed by atoms with Crippen LogP contribution in [0.15, 0.2) is 12.3 Å². The quantitative estimate of drug-likeness (QED) is 0.263. The van der Waals surface area contributed by atoms with Crippen LogP contribution in [0.1, 0.15) is 6.42 Å². The first-order valence-corrected chi connectivity index (χ1v) is 6.37. The number of aliphatic hydroxyl groups is 2. The fourth-order valence-electron chi connectivity index (χ4n) is 1.48. The van der Waals surface area contributed by atoms with E-state index in [4.69, 9.17) is 14.7 Å². The van der Waals surface area contributed by atoms with Crippen LogP contribution in [0.4, 0.5) is 0 Å². The van der Waals surface area contributed by atoms with Crippen molar-refractivity contribution in [2.75, 3.05) is 18.6 Å². The van der Waals surface area contributed by atoms with Gasteiger partial charge in [-0.15, -0.1) is 0 Å². The van der Waals surface area contributed by atoms with Crippen LogP contribution < -0.4 is 0 Å². The molecule has 1 aliphatic rings. The second-order valence-electron chi connectivity index (χ2n) is 3.71. The van der Waals surface area contributed by atoms with Crippen molar-refractivity contribution in [3.8, 4) is 0 Å². The molecule has 17 heavy (non-hydrogen) atoms. The maximum absolute atomic E-state index is 9.66. The van der Waals surface area contributed by atoms with Crippen LogP contribution in [0, 0.1) is 0 Å². The number of rotatable bonds is 7. The molecule has 0 radical (unpaired) electrons. The van der Waals surface area contributed by atoms with E-state index >= 15 is 0 Å². The molecular formula is C10H18O6S. The third-order valence-electron chi connectivity index (χ3n) is 2.49. The molecule has 4 atom stereocenters. The van der Waals surface area contributed by atoms with Crippen molar-refractivity contribution in [3.05, 3.63) is 12.3 Å². The van der Waals surface area contributed by atoms with Gasteiger partial charge in [0.25, 0.3) is 0 Å². The van der Waals surface area contributed by atoms with Crippen molar-refractivity contribution in [2.45, 2.75) is 31.0 Å². The molecule has 1 heterocycles. The van der Waals surface area contributed by atoms with Crippen LogP contribution >= 0.6 is 11.8 Å². The molecule has 3 N–H and O–H groups in total. The molecule has 4 unspecified atom stereocenters. The molecular weight excluding hydrogens is 248 g/mol. The van der Waals surface area contributed by atoms with Crippen LogP contribution in [0.5, 0.6) is 0 Å². The highest BCUT2D eigenvalue weighted by atomic mass is 32.2. The summed E-state index contributed by atoms with van der Waals surface area (Å²) in [7, 11) is 1.42. The minimum Gasteiger partial charge on any atom is -0.387 e. The summed E-state index contributed by atoms with van der Waals surface area (Å²) in [6.45, 7) is 3.47. The highest BCUT2D eigenvalue weighted by molar-refractivity contribution is 7.99. The van der Waals surface area contributed by atoms with Crippen LogP contribution in [-0.2, 0) is 14.4 Å². The maximum Gasteiger partial charge on any atom is 0.186 e. The monoisotopic (exact) mass is 266 g/mol. The van der Waals surface area contributed by atoms with Gasteiger partial charge < -0.3 is 24.6 Å². The molecule has 0 bridgehead atoms. The molecule has 100 valence electrons.